The Hall–Kier alpha value is -2.15. The molecule has 0 bridgehead atoms. The first-order valence-corrected chi connectivity index (χ1v) is 8.87. The van der Waals surface area contributed by atoms with Crippen LogP contribution in [0.2, 0.25) is 0 Å². The maximum Gasteiger partial charge on any atom is 0.305 e. The minimum absolute atomic E-state index is 0.0416. The number of esters is 1. The molecule has 0 aliphatic carbocycles. The van der Waals surface area contributed by atoms with Crippen LogP contribution >= 0.6 is 11.3 Å². The lowest BCUT2D eigenvalue weighted by atomic mass is 9.93. The van der Waals surface area contributed by atoms with Crippen LogP contribution in [0, 0.1) is 12.8 Å². The molecule has 0 N–H and O–H groups in total. The third-order valence-corrected chi connectivity index (χ3v) is 5.55. The largest absolute Gasteiger partial charge is 0.469 e. The minimum Gasteiger partial charge on any atom is -0.469 e. The lowest BCUT2D eigenvalue weighted by molar-refractivity contribution is -0.142. The van der Waals surface area contributed by atoms with Gasteiger partial charge >= 0.3 is 5.97 Å². The van der Waals surface area contributed by atoms with Gasteiger partial charge in [0.1, 0.15) is 4.88 Å². The summed E-state index contributed by atoms with van der Waals surface area (Å²) >= 11 is 1.42. The molecule has 1 aliphatic rings. The second kappa shape index (κ2) is 7.17. The van der Waals surface area contributed by atoms with Gasteiger partial charge in [-0.05, 0) is 37.8 Å². The number of hydrogen-bond donors (Lipinski definition) is 0. The van der Waals surface area contributed by atoms with Crippen molar-refractivity contribution in [3.05, 3.63) is 35.1 Å². The number of ether oxygens (including phenoxy) is 1. The molecule has 2 aromatic rings. The average molecular weight is 347 g/mol. The quantitative estimate of drug-likeness (QED) is 0.798. The molecule has 1 amide bonds. The molecule has 1 saturated heterocycles. The number of carbonyl (C=O) groups is 2. The van der Waals surface area contributed by atoms with Gasteiger partial charge in [0, 0.05) is 31.9 Å². The van der Waals surface area contributed by atoms with Crippen LogP contribution in [0.4, 0.5) is 0 Å². The van der Waals surface area contributed by atoms with Gasteiger partial charge < -0.3 is 14.2 Å². The Kier molecular flexibility index (Phi) is 4.99. The molecule has 3 heterocycles. The fourth-order valence-electron chi connectivity index (χ4n) is 2.96. The maximum atomic E-state index is 12.8. The van der Waals surface area contributed by atoms with Crippen molar-refractivity contribution >= 4 is 23.2 Å². The smallest absolute Gasteiger partial charge is 0.305 e. The van der Waals surface area contributed by atoms with Gasteiger partial charge in [-0.3, -0.25) is 9.59 Å². The average Bonchev–Trinajstić information content (AvgIpc) is 3.24. The summed E-state index contributed by atoms with van der Waals surface area (Å²) in [5.74, 6) is 0.175. The first-order valence-electron chi connectivity index (χ1n) is 8.05. The molecule has 3 rings (SSSR count). The molecule has 1 fully saturated rings. The Morgan fingerprint density at radius 1 is 1.29 bits per heavy atom. The van der Waals surface area contributed by atoms with Gasteiger partial charge in [-0.1, -0.05) is 11.3 Å². The molecule has 0 aromatic carbocycles. The number of amides is 1. The topological polar surface area (TPSA) is 64.4 Å². The van der Waals surface area contributed by atoms with Gasteiger partial charge in [0.25, 0.3) is 5.91 Å². The number of piperidine rings is 1. The van der Waals surface area contributed by atoms with E-state index in [1.54, 1.807) is 0 Å². The van der Waals surface area contributed by atoms with Gasteiger partial charge in [0.15, 0.2) is 5.13 Å². The Morgan fingerprint density at radius 2 is 1.96 bits per heavy atom. The number of methoxy groups -OCH3 is 1. The van der Waals surface area contributed by atoms with E-state index in [4.69, 9.17) is 4.74 Å². The van der Waals surface area contributed by atoms with Gasteiger partial charge in [0.05, 0.1) is 12.8 Å². The van der Waals surface area contributed by atoms with Gasteiger partial charge in [-0.15, -0.1) is 0 Å². The fraction of sp³-hybridized carbons (Fsp3) is 0.471. The van der Waals surface area contributed by atoms with Crippen LogP contribution in [0.25, 0.3) is 5.13 Å². The van der Waals surface area contributed by atoms with Crippen molar-refractivity contribution in [3.63, 3.8) is 0 Å². The zero-order valence-corrected chi connectivity index (χ0v) is 14.7. The number of hydrogen-bond acceptors (Lipinski definition) is 5. The lowest BCUT2D eigenvalue weighted by Crippen LogP contribution is -2.38. The van der Waals surface area contributed by atoms with Crippen molar-refractivity contribution in [3.8, 4) is 5.13 Å². The number of aryl methyl sites for hydroxylation is 1. The Morgan fingerprint density at radius 3 is 2.58 bits per heavy atom. The van der Waals surface area contributed by atoms with E-state index < -0.39 is 0 Å². The standard InChI is InChI=1S/C17H21N3O3S/c1-12-15(24-17(18-12)20-7-3-4-8-20)16(22)19-9-5-13(6-10-19)11-14(21)23-2/h3-4,7-8,13H,5-6,9-11H2,1-2H3. The first kappa shape index (κ1) is 16.7. The van der Waals surface area contributed by atoms with Gasteiger partial charge in [0.2, 0.25) is 0 Å². The molecule has 1 aliphatic heterocycles. The molecule has 0 unspecified atom stereocenters. The van der Waals surface area contributed by atoms with E-state index in [2.05, 4.69) is 4.98 Å². The summed E-state index contributed by atoms with van der Waals surface area (Å²) in [6.45, 7) is 3.23. The second-order valence-electron chi connectivity index (χ2n) is 6.02. The summed E-state index contributed by atoms with van der Waals surface area (Å²) in [4.78, 5) is 31.2. The van der Waals surface area contributed by atoms with E-state index in [0.29, 0.717) is 30.3 Å². The van der Waals surface area contributed by atoms with Gasteiger partial charge in [-0.25, -0.2) is 4.98 Å². The predicted molar refractivity (Wildman–Crippen MR) is 91.4 cm³/mol. The van der Waals surface area contributed by atoms with E-state index in [1.807, 2.05) is 40.9 Å². The molecule has 7 heteroatoms. The molecule has 0 spiro atoms. The number of rotatable bonds is 4. The highest BCUT2D eigenvalue weighted by Crippen LogP contribution is 2.26. The number of likely N-dealkylation sites (tertiary alicyclic amines) is 1. The van der Waals surface area contributed by atoms with Crippen molar-refractivity contribution in [1.82, 2.24) is 14.5 Å². The highest BCUT2D eigenvalue weighted by Gasteiger charge is 2.27. The Bertz CT molecular complexity index is 716. The molecular formula is C17H21N3O3S. The van der Waals surface area contributed by atoms with E-state index in [-0.39, 0.29) is 11.9 Å². The highest BCUT2D eigenvalue weighted by atomic mass is 32.1. The normalized spacial score (nSPS) is 15.5. The Labute approximate surface area is 145 Å². The summed E-state index contributed by atoms with van der Waals surface area (Å²) in [5, 5.41) is 0.807. The highest BCUT2D eigenvalue weighted by molar-refractivity contribution is 7.16. The molecule has 0 saturated carbocycles. The van der Waals surface area contributed by atoms with Crippen LogP contribution in [0.15, 0.2) is 24.5 Å². The molecular weight excluding hydrogens is 326 g/mol. The number of thiazole rings is 1. The maximum absolute atomic E-state index is 12.8. The Balaban J connectivity index is 1.65. The van der Waals surface area contributed by atoms with Crippen LogP contribution in [-0.2, 0) is 9.53 Å². The van der Waals surface area contributed by atoms with Crippen molar-refractivity contribution in [2.75, 3.05) is 20.2 Å². The number of aromatic nitrogens is 2. The lowest BCUT2D eigenvalue weighted by Gasteiger charge is -2.31. The zero-order valence-electron chi connectivity index (χ0n) is 13.9. The van der Waals surface area contributed by atoms with E-state index >= 15 is 0 Å². The SMILES string of the molecule is COC(=O)CC1CCN(C(=O)c2sc(-n3cccc3)nc2C)CC1. The summed E-state index contributed by atoms with van der Waals surface area (Å²) in [6.07, 6.45) is 5.96. The monoisotopic (exact) mass is 347 g/mol. The summed E-state index contributed by atoms with van der Waals surface area (Å²) in [7, 11) is 1.41. The molecule has 0 atom stereocenters. The van der Waals surface area contributed by atoms with Crippen LogP contribution in [0.1, 0.15) is 34.6 Å². The van der Waals surface area contributed by atoms with E-state index in [1.165, 1.54) is 18.4 Å². The van der Waals surface area contributed by atoms with Gasteiger partial charge in [-0.2, -0.15) is 0 Å². The van der Waals surface area contributed by atoms with Crippen molar-refractivity contribution in [2.24, 2.45) is 5.92 Å². The van der Waals surface area contributed by atoms with Crippen LogP contribution in [-0.4, -0.2) is 46.5 Å². The first-order chi connectivity index (χ1) is 11.6. The third-order valence-electron chi connectivity index (χ3n) is 4.39. The van der Waals surface area contributed by atoms with Crippen LogP contribution in [0.3, 0.4) is 0 Å². The van der Waals surface area contributed by atoms with Crippen LogP contribution in [0.5, 0.6) is 0 Å². The minimum atomic E-state index is -0.172. The second-order valence-corrected chi connectivity index (χ2v) is 6.99. The van der Waals surface area contributed by atoms with E-state index in [0.717, 1.165) is 23.7 Å². The molecule has 0 radical (unpaired) electrons. The van der Waals surface area contributed by atoms with Crippen molar-refractivity contribution in [1.29, 1.82) is 0 Å². The molecule has 6 nitrogen and oxygen atoms in total. The molecule has 24 heavy (non-hydrogen) atoms. The summed E-state index contributed by atoms with van der Waals surface area (Å²) < 4.78 is 6.64. The molecule has 128 valence electrons. The van der Waals surface area contributed by atoms with Crippen molar-refractivity contribution in [2.45, 2.75) is 26.2 Å². The van der Waals surface area contributed by atoms with Crippen LogP contribution < -0.4 is 0 Å². The third kappa shape index (κ3) is 3.51. The molecule has 2 aromatic heterocycles. The summed E-state index contributed by atoms with van der Waals surface area (Å²) in [6, 6.07) is 3.87. The van der Waals surface area contributed by atoms with Crippen molar-refractivity contribution < 1.29 is 14.3 Å². The zero-order chi connectivity index (χ0) is 17.1. The summed E-state index contributed by atoms with van der Waals surface area (Å²) in [5.41, 5.74) is 0.769. The fourth-order valence-corrected chi connectivity index (χ4v) is 3.96. The predicted octanol–water partition coefficient (Wildman–Crippen LogP) is 2.66. The number of carbonyl (C=O) groups excluding carboxylic acids is 2. The number of nitrogens with zero attached hydrogens (tertiary/aromatic N) is 3. The van der Waals surface area contributed by atoms with E-state index in [9.17, 15) is 9.59 Å².